The number of anilines is 1. The number of aryl methyl sites for hydroxylation is 1. The van der Waals surface area contributed by atoms with Gasteiger partial charge >= 0.3 is 11.8 Å². The molecule has 0 spiro atoms. The first kappa shape index (κ1) is 17.0. The number of benzene rings is 2. The normalized spacial score (nSPS) is 10.0. The standard InChI is InChI=1S/C17H17BrN2O3/c1-11-7-8-14(13(18)9-11)20-17(22)16(21)19-10-12-5-3-4-6-15(12)23-2/h3-9H,10H2,1-2H3,(H,19,21)(H,20,22). The minimum atomic E-state index is -0.718. The maximum Gasteiger partial charge on any atom is 0.313 e. The smallest absolute Gasteiger partial charge is 0.313 e. The van der Waals surface area contributed by atoms with E-state index in [1.54, 1.807) is 19.2 Å². The van der Waals surface area contributed by atoms with Crippen LogP contribution in [-0.2, 0) is 16.1 Å². The molecule has 2 rings (SSSR count). The van der Waals surface area contributed by atoms with Crippen molar-refractivity contribution in [2.45, 2.75) is 13.5 Å². The summed E-state index contributed by atoms with van der Waals surface area (Å²) in [5.41, 5.74) is 2.40. The van der Waals surface area contributed by atoms with Crippen LogP contribution in [-0.4, -0.2) is 18.9 Å². The van der Waals surface area contributed by atoms with Gasteiger partial charge in [-0.1, -0.05) is 24.3 Å². The molecule has 0 saturated heterocycles. The highest BCUT2D eigenvalue weighted by atomic mass is 79.9. The molecule has 0 atom stereocenters. The fourth-order valence-corrected chi connectivity index (χ4v) is 2.60. The number of rotatable bonds is 4. The largest absolute Gasteiger partial charge is 0.496 e. The predicted octanol–water partition coefficient (Wildman–Crippen LogP) is 3.02. The molecule has 0 fully saturated rings. The highest BCUT2D eigenvalue weighted by molar-refractivity contribution is 9.10. The molecule has 0 aliphatic carbocycles. The van der Waals surface area contributed by atoms with Gasteiger partial charge in [0.05, 0.1) is 12.8 Å². The van der Waals surface area contributed by atoms with Crippen LogP contribution in [0.2, 0.25) is 0 Å². The number of hydrogen-bond acceptors (Lipinski definition) is 3. The van der Waals surface area contributed by atoms with E-state index in [0.29, 0.717) is 11.4 Å². The van der Waals surface area contributed by atoms with Crippen LogP contribution in [0, 0.1) is 6.92 Å². The second-order valence-corrected chi connectivity index (χ2v) is 5.79. The lowest BCUT2D eigenvalue weighted by Gasteiger charge is -2.10. The van der Waals surface area contributed by atoms with E-state index in [0.717, 1.165) is 15.6 Å². The lowest BCUT2D eigenvalue weighted by Crippen LogP contribution is -2.35. The second kappa shape index (κ2) is 7.78. The lowest BCUT2D eigenvalue weighted by molar-refractivity contribution is -0.136. The average molecular weight is 377 g/mol. The molecule has 23 heavy (non-hydrogen) atoms. The fraction of sp³-hybridized carbons (Fsp3) is 0.176. The van der Waals surface area contributed by atoms with E-state index in [1.807, 2.05) is 37.3 Å². The highest BCUT2D eigenvalue weighted by Crippen LogP contribution is 2.23. The number of amides is 2. The highest BCUT2D eigenvalue weighted by Gasteiger charge is 2.15. The van der Waals surface area contributed by atoms with Gasteiger partial charge in [-0.3, -0.25) is 9.59 Å². The minimum Gasteiger partial charge on any atom is -0.496 e. The number of nitrogens with one attached hydrogen (secondary N) is 2. The minimum absolute atomic E-state index is 0.214. The van der Waals surface area contributed by atoms with Gasteiger partial charge in [0, 0.05) is 16.6 Å². The van der Waals surface area contributed by atoms with Gasteiger partial charge in [0.15, 0.2) is 0 Å². The molecule has 2 amide bonds. The third-order valence-electron chi connectivity index (χ3n) is 3.21. The van der Waals surface area contributed by atoms with Crippen molar-refractivity contribution in [2.24, 2.45) is 0 Å². The number of hydrogen-bond donors (Lipinski definition) is 2. The summed E-state index contributed by atoms with van der Waals surface area (Å²) in [6.45, 7) is 2.15. The summed E-state index contributed by atoms with van der Waals surface area (Å²) in [5.74, 6) is -0.762. The van der Waals surface area contributed by atoms with Crippen LogP contribution in [0.3, 0.4) is 0 Å². The van der Waals surface area contributed by atoms with Crippen LogP contribution in [0.4, 0.5) is 5.69 Å². The van der Waals surface area contributed by atoms with Crippen LogP contribution in [0.1, 0.15) is 11.1 Å². The summed E-state index contributed by atoms with van der Waals surface area (Å²) in [7, 11) is 1.56. The van der Waals surface area contributed by atoms with Gasteiger partial charge < -0.3 is 15.4 Å². The molecule has 6 heteroatoms. The molecular formula is C17H17BrN2O3. The quantitative estimate of drug-likeness (QED) is 0.805. The predicted molar refractivity (Wildman–Crippen MR) is 92.3 cm³/mol. The molecule has 0 aromatic heterocycles. The summed E-state index contributed by atoms with van der Waals surface area (Å²) < 4.78 is 5.93. The van der Waals surface area contributed by atoms with Crippen LogP contribution in [0.25, 0.3) is 0 Å². The lowest BCUT2D eigenvalue weighted by atomic mass is 10.2. The topological polar surface area (TPSA) is 67.4 Å². The second-order valence-electron chi connectivity index (χ2n) is 4.93. The van der Waals surface area contributed by atoms with Gasteiger partial charge in [-0.25, -0.2) is 0 Å². The van der Waals surface area contributed by atoms with Gasteiger partial charge in [0.25, 0.3) is 0 Å². The number of para-hydroxylation sites is 1. The van der Waals surface area contributed by atoms with Crippen LogP contribution in [0.5, 0.6) is 5.75 Å². The Morgan fingerprint density at radius 2 is 1.87 bits per heavy atom. The molecule has 0 radical (unpaired) electrons. The Morgan fingerprint density at radius 1 is 1.13 bits per heavy atom. The maximum absolute atomic E-state index is 12.0. The number of methoxy groups -OCH3 is 1. The molecule has 2 aromatic rings. The Bertz CT molecular complexity index is 732. The van der Waals surface area contributed by atoms with Gasteiger partial charge in [0.2, 0.25) is 0 Å². The van der Waals surface area contributed by atoms with E-state index in [9.17, 15) is 9.59 Å². The fourth-order valence-electron chi connectivity index (χ4n) is 2.01. The molecule has 5 nitrogen and oxygen atoms in total. The summed E-state index contributed by atoms with van der Waals surface area (Å²) in [6, 6.07) is 12.8. The summed E-state index contributed by atoms with van der Waals surface area (Å²) in [4.78, 5) is 23.9. The summed E-state index contributed by atoms with van der Waals surface area (Å²) in [5, 5.41) is 5.15. The van der Waals surface area contributed by atoms with Crippen molar-refractivity contribution in [3.63, 3.8) is 0 Å². The summed E-state index contributed by atoms with van der Waals surface area (Å²) in [6.07, 6.45) is 0. The number of ether oxygens (including phenoxy) is 1. The van der Waals surface area contributed by atoms with E-state index in [-0.39, 0.29) is 6.54 Å². The van der Waals surface area contributed by atoms with Crippen molar-refractivity contribution in [3.05, 3.63) is 58.1 Å². The molecule has 0 aliphatic heterocycles. The van der Waals surface area contributed by atoms with Crippen molar-refractivity contribution >= 4 is 33.4 Å². The van der Waals surface area contributed by atoms with Crippen molar-refractivity contribution in [1.29, 1.82) is 0 Å². The van der Waals surface area contributed by atoms with Crippen LogP contribution in [0.15, 0.2) is 46.9 Å². The first-order valence-electron chi connectivity index (χ1n) is 6.98. The third kappa shape index (κ3) is 4.56. The Balaban J connectivity index is 1.96. The van der Waals surface area contributed by atoms with Gasteiger partial charge in [-0.15, -0.1) is 0 Å². The molecule has 0 aliphatic rings. The van der Waals surface area contributed by atoms with Crippen molar-refractivity contribution < 1.29 is 14.3 Å². The zero-order chi connectivity index (χ0) is 16.8. The van der Waals surface area contributed by atoms with Gasteiger partial charge in [0.1, 0.15) is 5.75 Å². The van der Waals surface area contributed by atoms with Crippen LogP contribution >= 0.6 is 15.9 Å². The van der Waals surface area contributed by atoms with E-state index in [2.05, 4.69) is 26.6 Å². The Labute approximate surface area is 143 Å². The zero-order valence-corrected chi connectivity index (χ0v) is 14.4. The maximum atomic E-state index is 12.0. The Morgan fingerprint density at radius 3 is 2.57 bits per heavy atom. The molecule has 0 saturated carbocycles. The van der Waals surface area contributed by atoms with Gasteiger partial charge in [-0.2, -0.15) is 0 Å². The molecule has 2 aromatic carbocycles. The van der Waals surface area contributed by atoms with E-state index in [4.69, 9.17) is 4.74 Å². The molecule has 0 heterocycles. The van der Waals surface area contributed by atoms with Crippen molar-refractivity contribution in [2.75, 3.05) is 12.4 Å². The van der Waals surface area contributed by atoms with E-state index < -0.39 is 11.8 Å². The summed E-state index contributed by atoms with van der Waals surface area (Å²) >= 11 is 3.36. The average Bonchev–Trinajstić information content (AvgIpc) is 2.55. The number of carbonyl (C=O) groups is 2. The van der Waals surface area contributed by atoms with E-state index in [1.165, 1.54) is 0 Å². The molecule has 120 valence electrons. The Hall–Kier alpha value is -2.34. The third-order valence-corrected chi connectivity index (χ3v) is 3.87. The van der Waals surface area contributed by atoms with E-state index >= 15 is 0 Å². The molecule has 0 bridgehead atoms. The first-order valence-corrected chi connectivity index (χ1v) is 7.78. The van der Waals surface area contributed by atoms with Crippen molar-refractivity contribution in [1.82, 2.24) is 5.32 Å². The molecular weight excluding hydrogens is 360 g/mol. The molecule has 2 N–H and O–H groups in total. The van der Waals surface area contributed by atoms with Gasteiger partial charge in [-0.05, 0) is 46.6 Å². The monoisotopic (exact) mass is 376 g/mol. The van der Waals surface area contributed by atoms with Crippen LogP contribution < -0.4 is 15.4 Å². The molecule has 0 unspecified atom stereocenters. The SMILES string of the molecule is COc1ccccc1CNC(=O)C(=O)Nc1ccc(C)cc1Br. The number of carbonyl (C=O) groups excluding carboxylic acids is 2. The zero-order valence-electron chi connectivity index (χ0n) is 12.9. The van der Waals surface area contributed by atoms with Crippen molar-refractivity contribution in [3.8, 4) is 5.75 Å². The Kier molecular flexibility index (Phi) is 5.76. The first-order chi connectivity index (χ1) is 11.0. The number of halogens is 1.